The molecule has 0 aromatic heterocycles. The maximum atomic E-state index is 12.0. The van der Waals surface area contributed by atoms with Crippen molar-refractivity contribution in [1.29, 1.82) is 0 Å². The summed E-state index contributed by atoms with van der Waals surface area (Å²) >= 11 is 0. The van der Waals surface area contributed by atoms with Crippen molar-refractivity contribution < 1.29 is 9.53 Å². The number of carbonyl (C=O) groups is 1. The molecule has 2 rings (SSSR count). The van der Waals surface area contributed by atoms with E-state index in [2.05, 4.69) is 24.5 Å². The van der Waals surface area contributed by atoms with Gasteiger partial charge in [-0.1, -0.05) is 49.4 Å². The molecule has 0 saturated heterocycles. The Morgan fingerprint density at radius 2 is 1.78 bits per heavy atom. The topological polar surface area (TPSA) is 50.4 Å². The van der Waals surface area contributed by atoms with Gasteiger partial charge >= 0.3 is 0 Å². The second-order valence-corrected chi connectivity index (χ2v) is 5.51. The van der Waals surface area contributed by atoms with Crippen LogP contribution in [0.15, 0.2) is 54.6 Å². The van der Waals surface area contributed by atoms with Gasteiger partial charge in [0.2, 0.25) is 5.91 Å². The molecule has 2 aromatic carbocycles. The van der Waals surface area contributed by atoms with E-state index in [1.54, 1.807) is 0 Å². The highest BCUT2D eigenvalue weighted by atomic mass is 16.5. The Balaban J connectivity index is 1.93. The lowest BCUT2D eigenvalue weighted by atomic mass is 10.2. The molecule has 23 heavy (non-hydrogen) atoms. The van der Waals surface area contributed by atoms with Crippen molar-refractivity contribution in [1.82, 2.24) is 5.32 Å². The van der Waals surface area contributed by atoms with Crippen LogP contribution in [0.4, 0.5) is 5.69 Å². The van der Waals surface area contributed by atoms with E-state index in [1.165, 1.54) is 0 Å². The third-order valence-corrected chi connectivity index (χ3v) is 3.62. The Labute approximate surface area is 137 Å². The van der Waals surface area contributed by atoms with E-state index >= 15 is 0 Å². The first kappa shape index (κ1) is 17.0. The Morgan fingerprint density at radius 1 is 1.09 bits per heavy atom. The molecule has 0 heterocycles. The van der Waals surface area contributed by atoms with Crippen molar-refractivity contribution >= 4 is 11.6 Å². The van der Waals surface area contributed by atoms with Crippen molar-refractivity contribution in [3.05, 3.63) is 60.2 Å². The van der Waals surface area contributed by atoms with Crippen LogP contribution in [0.1, 0.15) is 25.8 Å². The second-order valence-electron chi connectivity index (χ2n) is 5.51. The van der Waals surface area contributed by atoms with E-state index in [1.807, 2.05) is 54.6 Å². The standard InChI is InChI=1S/C19H24N2O2/c1-3-15(2)20-13-19(22)21-17-11-7-8-12-18(17)23-14-16-9-5-4-6-10-16/h4-12,15,20H,3,13-14H2,1-2H3,(H,21,22). The molecule has 0 spiro atoms. The van der Waals surface area contributed by atoms with Crippen molar-refractivity contribution in [2.45, 2.75) is 32.9 Å². The summed E-state index contributed by atoms with van der Waals surface area (Å²) in [5.41, 5.74) is 1.78. The Kier molecular flexibility index (Phi) is 6.63. The van der Waals surface area contributed by atoms with Gasteiger partial charge in [0.1, 0.15) is 12.4 Å². The van der Waals surface area contributed by atoms with Crippen LogP contribution in [-0.2, 0) is 11.4 Å². The highest BCUT2D eigenvalue weighted by Crippen LogP contribution is 2.24. The lowest BCUT2D eigenvalue weighted by molar-refractivity contribution is -0.115. The summed E-state index contributed by atoms with van der Waals surface area (Å²) in [4.78, 5) is 12.0. The van der Waals surface area contributed by atoms with Crippen LogP contribution < -0.4 is 15.4 Å². The summed E-state index contributed by atoms with van der Waals surface area (Å²) in [5, 5.41) is 6.08. The molecule has 0 aliphatic carbocycles. The summed E-state index contributed by atoms with van der Waals surface area (Å²) < 4.78 is 5.84. The summed E-state index contributed by atoms with van der Waals surface area (Å²) in [6.07, 6.45) is 0.990. The molecule has 0 saturated carbocycles. The summed E-state index contributed by atoms with van der Waals surface area (Å²) in [6.45, 7) is 4.91. The molecule has 2 N–H and O–H groups in total. The molecule has 0 aliphatic heterocycles. The lowest BCUT2D eigenvalue weighted by Gasteiger charge is -2.14. The molecule has 1 unspecified atom stereocenters. The van der Waals surface area contributed by atoms with E-state index in [0.717, 1.165) is 12.0 Å². The minimum absolute atomic E-state index is 0.0685. The van der Waals surface area contributed by atoms with Gasteiger partial charge in [-0.3, -0.25) is 4.79 Å². The first-order chi connectivity index (χ1) is 11.2. The van der Waals surface area contributed by atoms with Gasteiger partial charge in [0.15, 0.2) is 0 Å². The van der Waals surface area contributed by atoms with Crippen LogP contribution in [0.3, 0.4) is 0 Å². The van der Waals surface area contributed by atoms with Crippen LogP contribution in [0.5, 0.6) is 5.75 Å². The molecular weight excluding hydrogens is 288 g/mol. The summed E-state index contributed by atoms with van der Waals surface area (Å²) in [7, 11) is 0. The van der Waals surface area contributed by atoms with Gasteiger partial charge in [0, 0.05) is 6.04 Å². The first-order valence-electron chi connectivity index (χ1n) is 7.98. The van der Waals surface area contributed by atoms with Crippen molar-refractivity contribution in [2.24, 2.45) is 0 Å². The molecule has 2 aromatic rings. The molecule has 4 heteroatoms. The molecule has 0 fully saturated rings. The van der Waals surface area contributed by atoms with Gasteiger partial charge in [-0.15, -0.1) is 0 Å². The van der Waals surface area contributed by atoms with Crippen LogP contribution >= 0.6 is 0 Å². The number of anilines is 1. The number of rotatable bonds is 8. The van der Waals surface area contributed by atoms with Gasteiger partial charge in [-0.05, 0) is 31.0 Å². The third-order valence-electron chi connectivity index (χ3n) is 3.62. The summed E-state index contributed by atoms with van der Waals surface area (Å²) in [5.74, 6) is 0.606. The SMILES string of the molecule is CCC(C)NCC(=O)Nc1ccccc1OCc1ccccc1. The fourth-order valence-corrected chi connectivity index (χ4v) is 2.04. The zero-order chi connectivity index (χ0) is 16.5. The number of carbonyl (C=O) groups excluding carboxylic acids is 1. The smallest absolute Gasteiger partial charge is 0.238 e. The molecule has 0 aliphatic rings. The predicted molar refractivity (Wildman–Crippen MR) is 93.6 cm³/mol. The largest absolute Gasteiger partial charge is 0.487 e. The monoisotopic (exact) mass is 312 g/mol. The molecule has 4 nitrogen and oxygen atoms in total. The van der Waals surface area contributed by atoms with E-state index in [0.29, 0.717) is 30.6 Å². The highest BCUT2D eigenvalue weighted by molar-refractivity contribution is 5.93. The van der Waals surface area contributed by atoms with E-state index in [9.17, 15) is 4.79 Å². The predicted octanol–water partition coefficient (Wildman–Crippen LogP) is 3.59. The maximum absolute atomic E-state index is 12.0. The van der Waals surface area contributed by atoms with Gasteiger partial charge in [0.25, 0.3) is 0 Å². The molecule has 1 atom stereocenters. The fourth-order valence-electron chi connectivity index (χ4n) is 2.04. The van der Waals surface area contributed by atoms with Crippen molar-refractivity contribution in [3.8, 4) is 5.75 Å². The quantitative estimate of drug-likeness (QED) is 0.783. The molecule has 0 bridgehead atoms. The van der Waals surface area contributed by atoms with Gasteiger partial charge in [-0.25, -0.2) is 0 Å². The van der Waals surface area contributed by atoms with Gasteiger partial charge in [-0.2, -0.15) is 0 Å². The van der Waals surface area contributed by atoms with E-state index < -0.39 is 0 Å². The zero-order valence-corrected chi connectivity index (χ0v) is 13.7. The lowest BCUT2D eigenvalue weighted by Crippen LogP contribution is -2.34. The average Bonchev–Trinajstić information content (AvgIpc) is 2.59. The zero-order valence-electron chi connectivity index (χ0n) is 13.7. The number of amides is 1. The first-order valence-corrected chi connectivity index (χ1v) is 7.98. The van der Waals surface area contributed by atoms with E-state index in [4.69, 9.17) is 4.74 Å². The van der Waals surface area contributed by atoms with Crippen LogP contribution in [-0.4, -0.2) is 18.5 Å². The number of hydrogen-bond donors (Lipinski definition) is 2. The van der Waals surface area contributed by atoms with Crippen LogP contribution in [0.25, 0.3) is 0 Å². The second kappa shape index (κ2) is 8.96. The Morgan fingerprint density at radius 3 is 2.52 bits per heavy atom. The normalized spacial score (nSPS) is 11.7. The minimum atomic E-state index is -0.0685. The number of hydrogen-bond acceptors (Lipinski definition) is 3. The molecule has 122 valence electrons. The Hall–Kier alpha value is -2.33. The molecular formula is C19H24N2O2. The Bertz CT molecular complexity index is 614. The number of ether oxygens (including phenoxy) is 1. The average molecular weight is 312 g/mol. The van der Waals surface area contributed by atoms with Crippen molar-refractivity contribution in [2.75, 3.05) is 11.9 Å². The minimum Gasteiger partial charge on any atom is -0.487 e. The van der Waals surface area contributed by atoms with E-state index in [-0.39, 0.29) is 5.91 Å². The van der Waals surface area contributed by atoms with Crippen LogP contribution in [0, 0.1) is 0 Å². The van der Waals surface area contributed by atoms with Crippen LogP contribution in [0.2, 0.25) is 0 Å². The third kappa shape index (κ3) is 5.75. The highest BCUT2D eigenvalue weighted by Gasteiger charge is 2.08. The molecule has 0 radical (unpaired) electrons. The van der Waals surface area contributed by atoms with Gasteiger partial charge < -0.3 is 15.4 Å². The summed E-state index contributed by atoms with van der Waals surface area (Å²) in [6, 6.07) is 17.8. The van der Waals surface area contributed by atoms with Crippen molar-refractivity contribution in [3.63, 3.8) is 0 Å². The number of nitrogens with one attached hydrogen (secondary N) is 2. The molecule has 1 amide bonds. The fraction of sp³-hybridized carbons (Fsp3) is 0.316. The number of benzene rings is 2. The van der Waals surface area contributed by atoms with Gasteiger partial charge in [0.05, 0.1) is 12.2 Å². The number of para-hydroxylation sites is 2. The maximum Gasteiger partial charge on any atom is 0.238 e.